The van der Waals surface area contributed by atoms with Crippen molar-refractivity contribution in [3.8, 4) is 10.6 Å². The molecule has 5 nitrogen and oxygen atoms in total. The highest BCUT2D eigenvalue weighted by molar-refractivity contribution is 7.15. The molecule has 0 radical (unpaired) electrons. The van der Waals surface area contributed by atoms with Gasteiger partial charge in [-0.3, -0.25) is 4.79 Å². The van der Waals surface area contributed by atoms with E-state index in [1.807, 2.05) is 30.3 Å². The SMILES string of the molecule is O=C(Cn1c(C(F)(F)F)nc2ccccc21)OCc1cnc(-c2ccccc2)s1. The molecule has 0 spiro atoms. The number of carbonyl (C=O) groups is 1. The Morgan fingerprint density at radius 2 is 1.79 bits per heavy atom. The van der Waals surface area contributed by atoms with E-state index in [0.29, 0.717) is 4.88 Å². The molecule has 0 fully saturated rings. The van der Waals surface area contributed by atoms with Gasteiger partial charge < -0.3 is 9.30 Å². The van der Waals surface area contributed by atoms with Gasteiger partial charge in [0.1, 0.15) is 18.2 Å². The molecule has 2 aromatic heterocycles. The first kappa shape index (κ1) is 19.1. The van der Waals surface area contributed by atoms with E-state index in [4.69, 9.17) is 4.74 Å². The average Bonchev–Trinajstić information content (AvgIpc) is 3.32. The number of imidazole rings is 1. The molecule has 0 unspecified atom stereocenters. The van der Waals surface area contributed by atoms with E-state index in [1.165, 1.54) is 23.5 Å². The van der Waals surface area contributed by atoms with Gasteiger partial charge in [-0.15, -0.1) is 11.3 Å². The lowest BCUT2D eigenvalue weighted by atomic mass is 10.2. The molecule has 4 rings (SSSR count). The van der Waals surface area contributed by atoms with E-state index in [9.17, 15) is 18.0 Å². The standard InChI is InChI=1S/C20H14F3N3O2S/c21-20(22,23)19-25-15-8-4-5-9-16(15)26(19)11-17(27)28-12-14-10-24-18(29-14)13-6-2-1-3-7-13/h1-10H,11-12H2. The summed E-state index contributed by atoms with van der Waals surface area (Å²) >= 11 is 1.36. The van der Waals surface area contributed by atoms with Crippen LogP contribution >= 0.6 is 11.3 Å². The fourth-order valence-corrected chi connectivity index (χ4v) is 3.70. The van der Waals surface area contributed by atoms with Gasteiger partial charge in [-0.1, -0.05) is 42.5 Å². The summed E-state index contributed by atoms with van der Waals surface area (Å²) in [5.74, 6) is -1.91. The van der Waals surface area contributed by atoms with Crippen LogP contribution in [0.5, 0.6) is 0 Å². The maximum absolute atomic E-state index is 13.3. The lowest BCUT2D eigenvalue weighted by molar-refractivity contribution is -0.151. The summed E-state index contributed by atoms with van der Waals surface area (Å²) in [5.41, 5.74) is 1.33. The first-order chi connectivity index (χ1) is 13.9. The maximum atomic E-state index is 13.3. The van der Waals surface area contributed by atoms with Crippen molar-refractivity contribution in [2.24, 2.45) is 0 Å². The van der Waals surface area contributed by atoms with Gasteiger partial charge >= 0.3 is 12.1 Å². The summed E-state index contributed by atoms with van der Waals surface area (Å²) in [6.07, 6.45) is -3.09. The minimum absolute atomic E-state index is 0.0582. The third-order valence-corrected chi connectivity index (χ3v) is 5.16. The van der Waals surface area contributed by atoms with E-state index in [0.717, 1.165) is 15.1 Å². The second-order valence-corrected chi connectivity index (χ2v) is 7.28. The zero-order valence-corrected chi connectivity index (χ0v) is 15.7. The van der Waals surface area contributed by atoms with Crippen molar-refractivity contribution >= 4 is 28.3 Å². The Balaban J connectivity index is 1.48. The Hall–Kier alpha value is -3.20. The summed E-state index contributed by atoms with van der Waals surface area (Å²) in [6, 6.07) is 15.6. The summed E-state index contributed by atoms with van der Waals surface area (Å²) in [5, 5.41) is 0.775. The van der Waals surface area contributed by atoms with Crippen molar-refractivity contribution < 1.29 is 22.7 Å². The van der Waals surface area contributed by atoms with E-state index in [1.54, 1.807) is 18.3 Å². The minimum Gasteiger partial charge on any atom is -0.459 e. The Kier molecular flexibility index (Phi) is 5.06. The number of alkyl halides is 3. The molecule has 0 atom stereocenters. The first-order valence-electron chi connectivity index (χ1n) is 8.60. The van der Waals surface area contributed by atoms with Crippen molar-refractivity contribution in [1.29, 1.82) is 0 Å². The molecule has 0 saturated heterocycles. The smallest absolute Gasteiger partial charge is 0.449 e. The molecular weight excluding hydrogens is 403 g/mol. The monoisotopic (exact) mass is 417 g/mol. The van der Waals surface area contributed by atoms with Crippen molar-refractivity contribution in [3.63, 3.8) is 0 Å². The van der Waals surface area contributed by atoms with Gasteiger partial charge in [-0.25, -0.2) is 9.97 Å². The largest absolute Gasteiger partial charge is 0.459 e. The van der Waals surface area contributed by atoms with Crippen LogP contribution in [0.2, 0.25) is 0 Å². The van der Waals surface area contributed by atoms with Crippen LogP contribution < -0.4 is 0 Å². The molecule has 0 bridgehead atoms. The van der Waals surface area contributed by atoms with Crippen LogP contribution in [0.3, 0.4) is 0 Å². The van der Waals surface area contributed by atoms with E-state index < -0.39 is 24.5 Å². The van der Waals surface area contributed by atoms with Crippen LogP contribution in [0.1, 0.15) is 10.7 Å². The summed E-state index contributed by atoms with van der Waals surface area (Å²) < 4.78 is 45.9. The second-order valence-electron chi connectivity index (χ2n) is 6.17. The van der Waals surface area contributed by atoms with Crippen molar-refractivity contribution in [3.05, 3.63) is 71.5 Å². The van der Waals surface area contributed by atoms with E-state index >= 15 is 0 Å². The van der Waals surface area contributed by atoms with Crippen LogP contribution in [-0.2, 0) is 28.9 Å². The molecular formula is C20H14F3N3O2S. The summed E-state index contributed by atoms with van der Waals surface area (Å²) in [4.78, 5) is 20.8. The molecule has 0 saturated carbocycles. The van der Waals surface area contributed by atoms with Gasteiger partial charge in [0.25, 0.3) is 0 Å². The number of hydrogen-bond acceptors (Lipinski definition) is 5. The number of benzene rings is 2. The van der Waals surface area contributed by atoms with Gasteiger partial charge in [0.15, 0.2) is 0 Å². The molecule has 2 aromatic carbocycles. The zero-order valence-electron chi connectivity index (χ0n) is 14.9. The van der Waals surface area contributed by atoms with Crippen LogP contribution in [0.25, 0.3) is 21.6 Å². The number of hydrogen-bond donors (Lipinski definition) is 0. The van der Waals surface area contributed by atoms with Gasteiger partial charge in [-0.05, 0) is 12.1 Å². The molecule has 148 valence electrons. The number of thiazole rings is 1. The number of rotatable bonds is 5. The predicted molar refractivity (Wildman–Crippen MR) is 102 cm³/mol. The minimum atomic E-state index is -4.68. The van der Waals surface area contributed by atoms with Crippen LogP contribution in [-0.4, -0.2) is 20.5 Å². The van der Waals surface area contributed by atoms with Crippen molar-refractivity contribution in [1.82, 2.24) is 14.5 Å². The molecule has 9 heteroatoms. The topological polar surface area (TPSA) is 57.0 Å². The fourth-order valence-electron chi connectivity index (χ4n) is 2.87. The number of aromatic nitrogens is 3. The zero-order chi connectivity index (χ0) is 20.4. The second kappa shape index (κ2) is 7.67. The molecule has 0 aliphatic carbocycles. The molecule has 0 aliphatic rings. The predicted octanol–water partition coefficient (Wildman–Crippen LogP) is 4.92. The van der Waals surface area contributed by atoms with Crippen LogP contribution in [0.4, 0.5) is 13.2 Å². The Morgan fingerprint density at radius 1 is 1.07 bits per heavy atom. The number of carbonyl (C=O) groups excluding carboxylic acids is 1. The van der Waals surface area contributed by atoms with Crippen molar-refractivity contribution in [2.75, 3.05) is 0 Å². The number of fused-ring (bicyclic) bond motifs is 1. The van der Waals surface area contributed by atoms with Gasteiger partial charge in [0.05, 0.1) is 15.9 Å². The molecule has 0 N–H and O–H groups in total. The number of para-hydroxylation sites is 2. The lowest BCUT2D eigenvalue weighted by Gasteiger charge is -2.11. The third kappa shape index (κ3) is 4.14. The Morgan fingerprint density at radius 3 is 2.55 bits per heavy atom. The molecule has 29 heavy (non-hydrogen) atoms. The Labute approximate surface area is 167 Å². The van der Waals surface area contributed by atoms with Gasteiger partial charge in [0, 0.05) is 11.8 Å². The number of nitrogens with zero attached hydrogens (tertiary/aromatic N) is 3. The first-order valence-corrected chi connectivity index (χ1v) is 9.41. The van der Waals surface area contributed by atoms with Crippen LogP contribution in [0, 0.1) is 0 Å². The third-order valence-electron chi connectivity index (χ3n) is 4.15. The summed E-state index contributed by atoms with van der Waals surface area (Å²) in [7, 11) is 0. The quantitative estimate of drug-likeness (QED) is 0.433. The lowest BCUT2D eigenvalue weighted by Crippen LogP contribution is -2.20. The van der Waals surface area contributed by atoms with E-state index in [-0.39, 0.29) is 17.6 Å². The van der Waals surface area contributed by atoms with E-state index in [2.05, 4.69) is 9.97 Å². The normalized spacial score (nSPS) is 11.7. The highest BCUT2D eigenvalue weighted by Crippen LogP contribution is 2.31. The average molecular weight is 417 g/mol. The highest BCUT2D eigenvalue weighted by Gasteiger charge is 2.38. The number of halogens is 3. The molecule has 2 heterocycles. The number of ether oxygens (including phenoxy) is 1. The molecule has 0 amide bonds. The highest BCUT2D eigenvalue weighted by atomic mass is 32.1. The van der Waals surface area contributed by atoms with Crippen LogP contribution in [0.15, 0.2) is 60.8 Å². The number of esters is 1. The van der Waals surface area contributed by atoms with Gasteiger partial charge in [0.2, 0.25) is 5.82 Å². The summed E-state index contributed by atoms with van der Waals surface area (Å²) in [6.45, 7) is -0.642. The molecule has 4 aromatic rings. The maximum Gasteiger partial charge on any atom is 0.449 e. The van der Waals surface area contributed by atoms with Gasteiger partial charge in [-0.2, -0.15) is 13.2 Å². The Bertz CT molecular complexity index is 1150. The van der Waals surface area contributed by atoms with Crippen molar-refractivity contribution in [2.45, 2.75) is 19.3 Å². The molecule has 0 aliphatic heterocycles. The fraction of sp³-hybridized carbons (Fsp3) is 0.150.